The highest BCUT2D eigenvalue weighted by Gasteiger charge is 2.26. The third-order valence-electron chi connectivity index (χ3n) is 4.31. The van der Waals surface area contributed by atoms with Crippen molar-refractivity contribution in [1.29, 1.82) is 0 Å². The quantitative estimate of drug-likeness (QED) is 0.677. The Morgan fingerprint density at radius 1 is 1.00 bits per heavy atom. The second kappa shape index (κ2) is 10.3. The van der Waals surface area contributed by atoms with Crippen molar-refractivity contribution in [1.82, 2.24) is 10.2 Å². The predicted molar refractivity (Wildman–Crippen MR) is 112 cm³/mol. The maximum absolute atomic E-state index is 13.0. The van der Waals surface area contributed by atoms with Gasteiger partial charge in [0, 0.05) is 23.5 Å². The van der Waals surface area contributed by atoms with Crippen molar-refractivity contribution in [3.05, 3.63) is 70.2 Å². The first-order chi connectivity index (χ1) is 12.9. The van der Waals surface area contributed by atoms with Crippen LogP contribution >= 0.6 is 15.9 Å². The Balaban J connectivity index is 2.14. The molecule has 0 saturated heterocycles. The first kappa shape index (κ1) is 21.2. The van der Waals surface area contributed by atoms with E-state index in [9.17, 15) is 9.59 Å². The van der Waals surface area contributed by atoms with Crippen LogP contribution in [-0.4, -0.2) is 28.8 Å². The van der Waals surface area contributed by atoms with Crippen LogP contribution in [0.15, 0.2) is 59.1 Å². The summed E-state index contributed by atoms with van der Waals surface area (Å²) in [6.45, 7) is 6.02. The minimum absolute atomic E-state index is 0.0229. The van der Waals surface area contributed by atoms with E-state index in [1.165, 1.54) is 0 Å². The number of carbonyl (C=O) groups is 2. The Morgan fingerprint density at radius 2 is 1.67 bits per heavy atom. The maximum atomic E-state index is 13.0. The van der Waals surface area contributed by atoms with E-state index >= 15 is 0 Å². The molecule has 1 atom stereocenters. The van der Waals surface area contributed by atoms with Crippen LogP contribution in [0.4, 0.5) is 0 Å². The van der Waals surface area contributed by atoms with E-state index in [2.05, 4.69) is 21.2 Å². The fourth-order valence-corrected chi connectivity index (χ4v) is 3.31. The van der Waals surface area contributed by atoms with E-state index in [0.29, 0.717) is 19.4 Å². The lowest BCUT2D eigenvalue weighted by atomic mass is 10.1. The minimum atomic E-state index is -0.533. The van der Waals surface area contributed by atoms with Crippen molar-refractivity contribution in [2.24, 2.45) is 0 Å². The van der Waals surface area contributed by atoms with Gasteiger partial charge in [0.15, 0.2) is 0 Å². The number of carbonyl (C=O) groups excluding carboxylic acids is 2. The lowest BCUT2D eigenvalue weighted by molar-refractivity contribution is -0.140. The number of nitrogens with zero attached hydrogens (tertiary/aromatic N) is 1. The topological polar surface area (TPSA) is 49.4 Å². The summed E-state index contributed by atoms with van der Waals surface area (Å²) in [5.41, 5.74) is 2.11. The van der Waals surface area contributed by atoms with E-state index in [4.69, 9.17) is 0 Å². The van der Waals surface area contributed by atoms with Crippen LogP contribution in [-0.2, 0) is 22.6 Å². The summed E-state index contributed by atoms with van der Waals surface area (Å²) in [4.78, 5) is 27.2. The zero-order valence-corrected chi connectivity index (χ0v) is 17.7. The first-order valence-corrected chi connectivity index (χ1v) is 10.0. The smallest absolute Gasteiger partial charge is 0.242 e. The molecule has 0 bridgehead atoms. The van der Waals surface area contributed by atoms with E-state index in [1.54, 1.807) is 11.8 Å². The summed E-state index contributed by atoms with van der Waals surface area (Å²) in [7, 11) is 0. The van der Waals surface area contributed by atoms with Crippen LogP contribution in [0, 0.1) is 0 Å². The molecule has 5 heteroatoms. The molecule has 0 aliphatic rings. The summed E-state index contributed by atoms with van der Waals surface area (Å²) >= 11 is 3.47. The van der Waals surface area contributed by atoms with Crippen molar-refractivity contribution >= 4 is 27.7 Å². The molecule has 0 heterocycles. The molecule has 2 aromatic rings. The Morgan fingerprint density at radius 3 is 2.30 bits per heavy atom. The second-order valence-electron chi connectivity index (χ2n) is 6.98. The van der Waals surface area contributed by atoms with E-state index in [1.807, 2.05) is 68.4 Å². The summed E-state index contributed by atoms with van der Waals surface area (Å²) in [5.74, 6) is -0.154. The third kappa shape index (κ3) is 6.83. The molecular formula is C22H27BrN2O2. The number of amides is 2. The summed E-state index contributed by atoms with van der Waals surface area (Å²) in [6, 6.07) is 17.3. The first-order valence-electron chi connectivity index (χ1n) is 9.25. The zero-order valence-electron chi connectivity index (χ0n) is 16.1. The molecule has 0 fully saturated rings. The van der Waals surface area contributed by atoms with Crippen LogP contribution < -0.4 is 5.32 Å². The molecule has 144 valence electrons. The van der Waals surface area contributed by atoms with Gasteiger partial charge >= 0.3 is 0 Å². The van der Waals surface area contributed by atoms with Gasteiger partial charge in [-0.15, -0.1) is 0 Å². The van der Waals surface area contributed by atoms with Gasteiger partial charge in [-0.05, 0) is 50.5 Å². The molecule has 0 saturated carbocycles. The van der Waals surface area contributed by atoms with Gasteiger partial charge < -0.3 is 10.2 Å². The van der Waals surface area contributed by atoms with E-state index in [0.717, 1.165) is 15.6 Å². The van der Waals surface area contributed by atoms with Gasteiger partial charge in [-0.2, -0.15) is 0 Å². The molecule has 2 amide bonds. The van der Waals surface area contributed by atoms with Crippen molar-refractivity contribution in [2.45, 2.75) is 52.2 Å². The number of benzene rings is 2. The van der Waals surface area contributed by atoms with Gasteiger partial charge in [0.2, 0.25) is 11.8 Å². The fraction of sp³-hybridized carbons (Fsp3) is 0.364. The summed E-state index contributed by atoms with van der Waals surface area (Å²) < 4.78 is 0.955. The molecule has 2 rings (SSSR count). The lowest BCUT2D eigenvalue weighted by Crippen LogP contribution is -2.49. The maximum Gasteiger partial charge on any atom is 0.242 e. The number of hydrogen-bond acceptors (Lipinski definition) is 2. The highest BCUT2D eigenvalue weighted by Crippen LogP contribution is 2.17. The Kier molecular flexibility index (Phi) is 8.04. The predicted octanol–water partition coefficient (Wildman–Crippen LogP) is 4.32. The normalized spacial score (nSPS) is 11.9. The molecule has 0 aliphatic carbocycles. The molecule has 27 heavy (non-hydrogen) atoms. The van der Waals surface area contributed by atoms with Gasteiger partial charge in [0.25, 0.3) is 0 Å². The number of halogens is 1. The monoisotopic (exact) mass is 430 g/mol. The fourth-order valence-electron chi connectivity index (χ4n) is 2.86. The van der Waals surface area contributed by atoms with Gasteiger partial charge in [-0.25, -0.2) is 0 Å². The second-order valence-corrected chi connectivity index (χ2v) is 7.89. The largest absolute Gasteiger partial charge is 0.352 e. The Bertz CT molecular complexity index is 762. The molecule has 0 radical (unpaired) electrons. The average Bonchev–Trinajstić information content (AvgIpc) is 2.64. The average molecular weight is 431 g/mol. The Labute approximate surface area is 170 Å². The molecule has 0 aliphatic heterocycles. The molecular weight excluding hydrogens is 404 g/mol. The van der Waals surface area contributed by atoms with E-state index in [-0.39, 0.29) is 17.9 Å². The molecule has 0 unspecified atom stereocenters. The van der Waals surface area contributed by atoms with Crippen LogP contribution in [0.2, 0.25) is 0 Å². The number of nitrogens with one attached hydrogen (secondary N) is 1. The zero-order chi connectivity index (χ0) is 19.8. The number of rotatable bonds is 8. The van der Waals surface area contributed by atoms with Gasteiger partial charge in [-0.1, -0.05) is 58.4 Å². The highest BCUT2D eigenvalue weighted by atomic mass is 79.9. The van der Waals surface area contributed by atoms with Crippen LogP contribution in [0.1, 0.15) is 38.3 Å². The van der Waals surface area contributed by atoms with Crippen LogP contribution in [0.25, 0.3) is 0 Å². The third-order valence-corrected chi connectivity index (χ3v) is 4.80. The van der Waals surface area contributed by atoms with Crippen molar-refractivity contribution in [3.8, 4) is 0 Å². The minimum Gasteiger partial charge on any atom is -0.352 e. The van der Waals surface area contributed by atoms with Gasteiger partial charge in [-0.3, -0.25) is 9.59 Å². The van der Waals surface area contributed by atoms with Crippen molar-refractivity contribution in [2.75, 3.05) is 0 Å². The van der Waals surface area contributed by atoms with Gasteiger partial charge in [0.05, 0.1) is 0 Å². The molecule has 0 spiro atoms. The van der Waals surface area contributed by atoms with Gasteiger partial charge in [0.1, 0.15) is 6.04 Å². The Hall–Kier alpha value is -2.14. The van der Waals surface area contributed by atoms with Crippen LogP contribution in [0.3, 0.4) is 0 Å². The SMILES string of the molecule is CC(C)NC(=O)[C@@H](C)N(Cc1cccc(Br)c1)C(=O)CCc1ccccc1. The molecule has 0 aromatic heterocycles. The molecule has 1 N–H and O–H groups in total. The molecule has 2 aromatic carbocycles. The standard InChI is InChI=1S/C22H27BrN2O2/c1-16(2)24-22(27)17(3)25(15-19-10-7-11-20(23)14-19)21(26)13-12-18-8-5-4-6-9-18/h4-11,14,16-17H,12-13,15H2,1-3H3,(H,24,27)/t17-/m1/s1. The summed E-state index contributed by atoms with van der Waals surface area (Å²) in [5, 5.41) is 2.91. The van der Waals surface area contributed by atoms with Crippen molar-refractivity contribution < 1.29 is 9.59 Å². The van der Waals surface area contributed by atoms with Crippen molar-refractivity contribution in [3.63, 3.8) is 0 Å². The lowest BCUT2D eigenvalue weighted by Gasteiger charge is -2.29. The summed E-state index contributed by atoms with van der Waals surface area (Å²) in [6.07, 6.45) is 1.03. The van der Waals surface area contributed by atoms with E-state index < -0.39 is 6.04 Å². The van der Waals surface area contributed by atoms with Crippen LogP contribution in [0.5, 0.6) is 0 Å². The molecule has 4 nitrogen and oxygen atoms in total. The highest BCUT2D eigenvalue weighted by molar-refractivity contribution is 9.10. The number of aryl methyl sites for hydroxylation is 1. The number of hydrogen-bond donors (Lipinski definition) is 1.